The lowest BCUT2D eigenvalue weighted by Crippen LogP contribution is -2.28. The summed E-state index contributed by atoms with van der Waals surface area (Å²) in [5.74, 6) is 0.639. The minimum absolute atomic E-state index is 0.0910. The second-order valence-electron chi connectivity index (χ2n) is 6.35. The number of aromatic nitrogens is 2. The van der Waals surface area contributed by atoms with E-state index in [0.717, 1.165) is 11.3 Å². The monoisotopic (exact) mass is 371 g/mol. The first-order valence-electron chi connectivity index (χ1n) is 8.14. The third-order valence-corrected chi connectivity index (χ3v) is 5.60. The van der Waals surface area contributed by atoms with Crippen LogP contribution < -0.4 is 10.5 Å². The van der Waals surface area contributed by atoms with Crippen molar-refractivity contribution in [1.29, 1.82) is 0 Å². The smallest absolute Gasteiger partial charge is 0.294 e. The molecule has 134 valence electrons. The number of para-hydroxylation sites is 1. The van der Waals surface area contributed by atoms with Crippen molar-refractivity contribution in [1.82, 2.24) is 9.55 Å². The van der Waals surface area contributed by atoms with Crippen LogP contribution in [0.25, 0.3) is 10.9 Å². The summed E-state index contributed by atoms with van der Waals surface area (Å²) < 4.78 is 33.4. The third kappa shape index (κ3) is 2.77. The normalized spacial score (nSPS) is 14.0. The van der Waals surface area contributed by atoms with Crippen molar-refractivity contribution < 1.29 is 13.0 Å². The van der Waals surface area contributed by atoms with Crippen molar-refractivity contribution in [3.05, 3.63) is 64.2 Å². The maximum absolute atomic E-state index is 12.5. The molecule has 0 amide bonds. The fourth-order valence-corrected chi connectivity index (χ4v) is 3.88. The fraction of sp³-hybridized carbons (Fsp3) is 0.222. The summed E-state index contributed by atoms with van der Waals surface area (Å²) in [6.45, 7) is 1.13. The van der Waals surface area contributed by atoms with Crippen LogP contribution in [0.3, 0.4) is 0 Å². The number of hydrogen-bond acceptors (Lipinski definition) is 5. The van der Waals surface area contributed by atoms with Gasteiger partial charge in [0.05, 0.1) is 22.3 Å². The highest BCUT2D eigenvalue weighted by Crippen LogP contribution is 2.31. The zero-order chi connectivity index (χ0) is 18.5. The number of fused-ring (bicyclic) bond motifs is 2. The maximum atomic E-state index is 12.5. The van der Waals surface area contributed by atoms with Gasteiger partial charge in [0.25, 0.3) is 15.7 Å². The van der Waals surface area contributed by atoms with Gasteiger partial charge in [0.2, 0.25) is 0 Å². The van der Waals surface area contributed by atoms with Crippen LogP contribution in [0.5, 0.6) is 0 Å². The van der Waals surface area contributed by atoms with Gasteiger partial charge in [-0.1, -0.05) is 12.1 Å². The van der Waals surface area contributed by atoms with E-state index in [4.69, 9.17) is 0 Å². The summed E-state index contributed by atoms with van der Waals surface area (Å²) in [6.07, 6.45) is 0.667. The largest absolute Gasteiger partial charge is 0.363 e. The molecule has 2 heterocycles. The van der Waals surface area contributed by atoms with Gasteiger partial charge in [-0.15, -0.1) is 0 Å². The van der Waals surface area contributed by atoms with E-state index >= 15 is 0 Å². The van der Waals surface area contributed by atoms with Crippen LogP contribution in [0.2, 0.25) is 0 Å². The predicted octanol–water partition coefficient (Wildman–Crippen LogP) is 1.74. The Morgan fingerprint density at radius 3 is 2.73 bits per heavy atom. The molecule has 8 heteroatoms. The van der Waals surface area contributed by atoms with Crippen LogP contribution in [0.15, 0.2) is 52.2 Å². The molecule has 0 saturated carbocycles. The Morgan fingerprint density at radius 2 is 1.96 bits per heavy atom. The second kappa shape index (κ2) is 5.93. The zero-order valence-electron chi connectivity index (χ0n) is 14.1. The van der Waals surface area contributed by atoms with Crippen molar-refractivity contribution in [2.75, 3.05) is 11.4 Å². The minimum atomic E-state index is -4.21. The molecule has 0 spiro atoms. The van der Waals surface area contributed by atoms with Crippen LogP contribution >= 0.6 is 0 Å². The van der Waals surface area contributed by atoms with Gasteiger partial charge in [0, 0.05) is 19.3 Å². The summed E-state index contributed by atoms with van der Waals surface area (Å²) in [5.41, 5.74) is 2.31. The van der Waals surface area contributed by atoms with Crippen molar-refractivity contribution in [3.8, 4) is 0 Å². The molecule has 4 rings (SSSR count). The minimum Gasteiger partial charge on any atom is -0.363 e. The molecule has 0 saturated heterocycles. The van der Waals surface area contributed by atoms with Gasteiger partial charge >= 0.3 is 0 Å². The van der Waals surface area contributed by atoms with Crippen molar-refractivity contribution in [2.24, 2.45) is 7.05 Å². The number of benzene rings is 2. The Morgan fingerprint density at radius 1 is 1.19 bits per heavy atom. The lowest BCUT2D eigenvalue weighted by molar-refractivity contribution is 0.483. The molecule has 1 aromatic heterocycles. The van der Waals surface area contributed by atoms with Gasteiger partial charge in [-0.3, -0.25) is 13.9 Å². The maximum Gasteiger partial charge on any atom is 0.294 e. The van der Waals surface area contributed by atoms with Crippen molar-refractivity contribution >= 4 is 26.7 Å². The first-order valence-corrected chi connectivity index (χ1v) is 9.58. The summed E-state index contributed by atoms with van der Waals surface area (Å²) in [5, 5.41) is 0.582. The average Bonchev–Trinajstić information content (AvgIpc) is 3.01. The van der Waals surface area contributed by atoms with E-state index in [2.05, 4.69) is 9.88 Å². The quantitative estimate of drug-likeness (QED) is 0.705. The van der Waals surface area contributed by atoms with Gasteiger partial charge in [0.15, 0.2) is 0 Å². The lowest BCUT2D eigenvalue weighted by Gasteiger charge is -2.20. The highest BCUT2D eigenvalue weighted by Gasteiger charge is 2.23. The van der Waals surface area contributed by atoms with Crippen LogP contribution in [-0.2, 0) is 30.1 Å². The number of hydrogen-bond donors (Lipinski definition) is 1. The topological polar surface area (TPSA) is 92.5 Å². The summed E-state index contributed by atoms with van der Waals surface area (Å²) in [4.78, 5) is 19.1. The molecule has 0 bridgehead atoms. The molecule has 1 N–H and O–H groups in total. The van der Waals surface area contributed by atoms with Gasteiger partial charge in [-0.25, -0.2) is 4.98 Å². The fourth-order valence-electron chi connectivity index (χ4n) is 3.35. The molecule has 1 aliphatic heterocycles. The van der Waals surface area contributed by atoms with Crippen molar-refractivity contribution in [2.45, 2.75) is 17.9 Å². The molecule has 1 aliphatic rings. The summed E-state index contributed by atoms with van der Waals surface area (Å²) >= 11 is 0. The molecule has 7 nitrogen and oxygen atoms in total. The van der Waals surface area contributed by atoms with E-state index < -0.39 is 10.1 Å². The zero-order valence-corrected chi connectivity index (χ0v) is 14.9. The van der Waals surface area contributed by atoms with E-state index in [9.17, 15) is 17.8 Å². The molecular formula is C18H17N3O4S. The highest BCUT2D eigenvalue weighted by molar-refractivity contribution is 7.85. The summed E-state index contributed by atoms with van der Waals surface area (Å²) in [6, 6.07) is 11.8. The number of nitrogens with zero attached hydrogens (tertiary/aromatic N) is 3. The van der Waals surface area contributed by atoms with E-state index in [0.29, 0.717) is 36.2 Å². The van der Waals surface area contributed by atoms with Gasteiger partial charge < -0.3 is 4.90 Å². The Kier molecular flexibility index (Phi) is 3.82. The van der Waals surface area contributed by atoms with E-state index in [1.807, 2.05) is 18.2 Å². The second-order valence-corrected chi connectivity index (χ2v) is 7.77. The van der Waals surface area contributed by atoms with Crippen LogP contribution in [0, 0.1) is 0 Å². The standard InChI is InChI=1S/C18H17N3O4S/c1-20-17(19-15-5-3-2-4-14(15)18(20)22)11-21-9-8-12-10-13(26(23,24)25)6-7-16(12)21/h2-7,10H,8-9,11H2,1H3,(H,23,24,25). The van der Waals surface area contributed by atoms with Crippen LogP contribution in [-0.4, -0.2) is 29.1 Å². The van der Waals surface area contributed by atoms with E-state index in [-0.39, 0.29) is 10.5 Å². The van der Waals surface area contributed by atoms with Gasteiger partial charge in [0.1, 0.15) is 5.82 Å². The molecule has 0 unspecified atom stereocenters. The SMILES string of the molecule is Cn1c(CN2CCc3cc(S(=O)(=O)O)ccc32)nc2ccccc2c1=O. The van der Waals surface area contributed by atoms with E-state index in [1.165, 1.54) is 12.1 Å². The molecule has 0 atom stereocenters. The van der Waals surface area contributed by atoms with Gasteiger partial charge in [-0.05, 0) is 42.3 Å². The summed E-state index contributed by atoms with van der Waals surface area (Å²) in [7, 11) is -2.51. The Balaban J connectivity index is 1.72. The van der Waals surface area contributed by atoms with Gasteiger partial charge in [-0.2, -0.15) is 8.42 Å². The first kappa shape index (κ1) is 16.7. The Bertz CT molecular complexity index is 1180. The molecule has 26 heavy (non-hydrogen) atoms. The molecule has 0 radical (unpaired) electrons. The Hall–Kier alpha value is -2.71. The molecule has 2 aromatic carbocycles. The predicted molar refractivity (Wildman–Crippen MR) is 98.0 cm³/mol. The first-order chi connectivity index (χ1) is 12.3. The van der Waals surface area contributed by atoms with Crippen molar-refractivity contribution in [3.63, 3.8) is 0 Å². The van der Waals surface area contributed by atoms with Crippen LogP contribution in [0.4, 0.5) is 5.69 Å². The number of anilines is 1. The lowest BCUT2D eigenvalue weighted by atomic mass is 10.2. The molecular weight excluding hydrogens is 354 g/mol. The molecule has 3 aromatic rings. The Labute approximate surface area is 150 Å². The highest BCUT2D eigenvalue weighted by atomic mass is 32.2. The number of rotatable bonds is 3. The van der Waals surface area contributed by atoms with E-state index in [1.54, 1.807) is 23.7 Å². The third-order valence-electron chi connectivity index (χ3n) is 4.75. The average molecular weight is 371 g/mol. The molecule has 0 aliphatic carbocycles. The molecule has 0 fully saturated rings. The van der Waals surface area contributed by atoms with Crippen LogP contribution in [0.1, 0.15) is 11.4 Å².